The third-order valence-electron chi connectivity index (χ3n) is 2.03. The fourth-order valence-electron chi connectivity index (χ4n) is 1.37. The normalized spacial score (nSPS) is 10.3. The highest BCUT2D eigenvalue weighted by Gasteiger charge is 2.07. The lowest BCUT2D eigenvalue weighted by Crippen LogP contribution is -2.09. The van der Waals surface area contributed by atoms with Gasteiger partial charge in [0.25, 0.3) is 0 Å². The fraction of sp³-hybridized carbons (Fsp3) is 0.0909. The monoisotopic (exact) mass is 281 g/mol. The van der Waals surface area contributed by atoms with E-state index < -0.39 is 5.97 Å². The summed E-state index contributed by atoms with van der Waals surface area (Å²) in [7, 11) is 0. The number of carboxylic acid groups (broad SMARTS) is 1. The molecule has 0 saturated heterocycles. The van der Waals surface area contributed by atoms with E-state index in [2.05, 4.69) is 20.9 Å². The summed E-state index contributed by atoms with van der Waals surface area (Å²) in [4.78, 5) is 14.6. The molecule has 2 rings (SSSR count). The number of carboxylic acids is 1. The minimum atomic E-state index is -1.01. The molecule has 0 unspecified atom stereocenters. The molecular formula is C11H8BrNO3. The number of halogens is 1. The van der Waals surface area contributed by atoms with Gasteiger partial charge in [0.2, 0.25) is 0 Å². The molecule has 1 aromatic carbocycles. The average molecular weight is 282 g/mol. The van der Waals surface area contributed by atoms with Gasteiger partial charge in [-0.2, -0.15) is 0 Å². The highest BCUT2D eigenvalue weighted by atomic mass is 79.9. The predicted octanol–water partition coefficient (Wildman–Crippen LogP) is 2.46. The van der Waals surface area contributed by atoms with Crippen molar-refractivity contribution in [3.05, 3.63) is 34.9 Å². The zero-order valence-corrected chi connectivity index (χ0v) is 9.77. The molecule has 2 aromatic rings. The number of aliphatic carboxylic acids is 1. The van der Waals surface area contributed by atoms with Crippen LogP contribution in [0, 0.1) is 0 Å². The van der Waals surface area contributed by atoms with Crippen LogP contribution in [0.15, 0.2) is 34.9 Å². The molecule has 16 heavy (non-hydrogen) atoms. The Morgan fingerprint density at radius 2 is 2.25 bits per heavy atom. The molecule has 4 nitrogen and oxygen atoms in total. The number of rotatable bonds is 3. The first kappa shape index (κ1) is 10.9. The number of fused-ring (bicyclic) bond motifs is 1. The Morgan fingerprint density at radius 1 is 1.44 bits per heavy atom. The zero-order chi connectivity index (χ0) is 11.5. The summed E-state index contributed by atoms with van der Waals surface area (Å²) in [6, 6.07) is 7.21. The van der Waals surface area contributed by atoms with Crippen molar-refractivity contribution in [1.82, 2.24) is 4.98 Å². The minimum absolute atomic E-state index is 0.368. The molecule has 0 radical (unpaired) electrons. The van der Waals surface area contributed by atoms with Crippen molar-refractivity contribution in [3.8, 4) is 5.75 Å². The highest BCUT2D eigenvalue weighted by Crippen LogP contribution is 2.28. The van der Waals surface area contributed by atoms with Crippen LogP contribution in [0.5, 0.6) is 5.75 Å². The molecule has 1 N–H and O–H groups in total. The van der Waals surface area contributed by atoms with Crippen LogP contribution < -0.4 is 4.74 Å². The van der Waals surface area contributed by atoms with E-state index in [0.29, 0.717) is 11.3 Å². The van der Waals surface area contributed by atoms with Crippen LogP contribution in [0.25, 0.3) is 10.9 Å². The van der Waals surface area contributed by atoms with E-state index >= 15 is 0 Å². The molecule has 5 heteroatoms. The third kappa shape index (κ3) is 2.14. The molecule has 0 aliphatic heterocycles. The quantitative estimate of drug-likeness (QED) is 0.939. The average Bonchev–Trinajstić information content (AvgIpc) is 2.27. The SMILES string of the molecule is O=C(O)COc1cccc2c(Br)ccnc12. The van der Waals surface area contributed by atoms with Gasteiger partial charge in [-0.25, -0.2) is 4.79 Å². The maximum atomic E-state index is 10.4. The number of nitrogens with zero attached hydrogens (tertiary/aromatic N) is 1. The summed E-state index contributed by atoms with van der Waals surface area (Å²) in [6.07, 6.45) is 1.64. The van der Waals surface area contributed by atoms with E-state index in [-0.39, 0.29) is 6.61 Å². The Morgan fingerprint density at radius 3 is 3.00 bits per heavy atom. The Hall–Kier alpha value is -1.62. The van der Waals surface area contributed by atoms with E-state index in [1.54, 1.807) is 18.3 Å². The fourth-order valence-corrected chi connectivity index (χ4v) is 1.81. The van der Waals surface area contributed by atoms with Crippen molar-refractivity contribution < 1.29 is 14.6 Å². The number of aromatic nitrogens is 1. The Bertz CT molecular complexity index is 542. The molecule has 0 fully saturated rings. The lowest BCUT2D eigenvalue weighted by molar-refractivity contribution is -0.139. The Balaban J connectivity index is 2.45. The maximum absolute atomic E-state index is 10.4. The van der Waals surface area contributed by atoms with E-state index in [9.17, 15) is 4.79 Å². The van der Waals surface area contributed by atoms with Crippen LogP contribution in [-0.2, 0) is 4.79 Å². The van der Waals surface area contributed by atoms with Crippen molar-refractivity contribution in [1.29, 1.82) is 0 Å². The van der Waals surface area contributed by atoms with Crippen LogP contribution in [0.1, 0.15) is 0 Å². The number of ether oxygens (including phenoxy) is 1. The number of carbonyl (C=O) groups is 1. The van der Waals surface area contributed by atoms with Crippen LogP contribution in [-0.4, -0.2) is 22.7 Å². The van der Waals surface area contributed by atoms with Gasteiger partial charge in [-0.15, -0.1) is 0 Å². The second-order valence-electron chi connectivity index (χ2n) is 3.13. The summed E-state index contributed by atoms with van der Waals surface area (Å²) in [6.45, 7) is -0.368. The maximum Gasteiger partial charge on any atom is 0.341 e. The summed E-state index contributed by atoms with van der Waals surface area (Å²) in [5.41, 5.74) is 0.651. The minimum Gasteiger partial charge on any atom is -0.480 e. The number of pyridine rings is 1. The summed E-state index contributed by atoms with van der Waals surface area (Å²) >= 11 is 3.40. The molecule has 0 amide bonds. The molecule has 0 aliphatic rings. The van der Waals surface area contributed by atoms with Crippen LogP contribution in [0.3, 0.4) is 0 Å². The van der Waals surface area contributed by atoms with Crippen molar-refractivity contribution in [2.45, 2.75) is 0 Å². The summed E-state index contributed by atoms with van der Waals surface area (Å²) in [5.74, 6) is -0.534. The van der Waals surface area contributed by atoms with Gasteiger partial charge in [0.05, 0.1) is 0 Å². The van der Waals surface area contributed by atoms with Crippen LogP contribution in [0.2, 0.25) is 0 Å². The molecule has 0 saturated carbocycles. The van der Waals surface area contributed by atoms with E-state index in [0.717, 1.165) is 9.86 Å². The van der Waals surface area contributed by atoms with E-state index in [4.69, 9.17) is 9.84 Å². The molecule has 0 atom stereocenters. The topological polar surface area (TPSA) is 59.4 Å². The summed E-state index contributed by atoms with van der Waals surface area (Å²) < 4.78 is 6.05. The van der Waals surface area contributed by atoms with Gasteiger partial charge in [-0.05, 0) is 12.1 Å². The number of para-hydroxylation sites is 1. The molecule has 1 aromatic heterocycles. The first-order valence-electron chi connectivity index (χ1n) is 4.56. The first-order valence-corrected chi connectivity index (χ1v) is 5.35. The van der Waals surface area contributed by atoms with Gasteiger partial charge in [-0.1, -0.05) is 28.1 Å². The Labute approximate surface area is 100.0 Å². The second kappa shape index (κ2) is 4.49. The van der Waals surface area contributed by atoms with Crippen molar-refractivity contribution in [3.63, 3.8) is 0 Å². The van der Waals surface area contributed by atoms with Gasteiger partial charge in [0, 0.05) is 16.1 Å². The molecular weight excluding hydrogens is 274 g/mol. The molecule has 1 heterocycles. The van der Waals surface area contributed by atoms with Gasteiger partial charge in [-0.3, -0.25) is 4.98 Å². The lowest BCUT2D eigenvalue weighted by atomic mass is 10.2. The van der Waals surface area contributed by atoms with Gasteiger partial charge >= 0.3 is 5.97 Å². The molecule has 0 aliphatic carbocycles. The van der Waals surface area contributed by atoms with Crippen molar-refractivity contribution in [2.75, 3.05) is 6.61 Å². The Kier molecular flexibility index (Phi) is 3.05. The van der Waals surface area contributed by atoms with Crippen LogP contribution in [0.4, 0.5) is 0 Å². The number of hydrogen-bond acceptors (Lipinski definition) is 3. The van der Waals surface area contributed by atoms with Gasteiger partial charge in [0.1, 0.15) is 11.3 Å². The summed E-state index contributed by atoms with van der Waals surface area (Å²) in [5, 5.41) is 9.44. The smallest absolute Gasteiger partial charge is 0.341 e. The number of benzene rings is 1. The highest BCUT2D eigenvalue weighted by molar-refractivity contribution is 9.10. The van der Waals surface area contributed by atoms with Crippen molar-refractivity contribution in [2.24, 2.45) is 0 Å². The second-order valence-corrected chi connectivity index (χ2v) is 3.98. The lowest BCUT2D eigenvalue weighted by Gasteiger charge is -2.06. The predicted molar refractivity (Wildman–Crippen MR) is 62.6 cm³/mol. The zero-order valence-electron chi connectivity index (χ0n) is 8.18. The molecule has 0 bridgehead atoms. The number of hydrogen-bond donors (Lipinski definition) is 1. The van der Waals surface area contributed by atoms with Crippen LogP contribution >= 0.6 is 15.9 Å². The first-order chi connectivity index (χ1) is 7.68. The standard InChI is InChI=1S/C11H8BrNO3/c12-8-4-5-13-11-7(8)2-1-3-9(11)16-6-10(14)15/h1-5H,6H2,(H,14,15). The molecule has 82 valence electrons. The molecule has 0 spiro atoms. The van der Waals surface area contributed by atoms with E-state index in [1.165, 1.54) is 0 Å². The van der Waals surface area contributed by atoms with Gasteiger partial charge < -0.3 is 9.84 Å². The van der Waals surface area contributed by atoms with E-state index in [1.807, 2.05) is 12.1 Å². The van der Waals surface area contributed by atoms with Crippen molar-refractivity contribution >= 4 is 32.8 Å². The van der Waals surface area contributed by atoms with Gasteiger partial charge in [0.15, 0.2) is 6.61 Å². The largest absolute Gasteiger partial charge is 0.480 e. The third-order valence-corrected chi connectivity index (χ3v) is 2.72.